The van der Waals surface area contributed by atoms with Crippen LogP contribution >= 0.6 is 23.2 Å². The molecule has 0 aliphatic carbocycles. The molecule has 0 radical (unpaired) electrons. The number of para-hydroxylation sites is 1. The fraction of sp³-hybridized carbons (Fsp3) is 0.294. The van der Waals surface area contributed by atoms with Crippen LogP contribution in [0.4, 0.5) is 0 Å². The molecule has 0 aromatic heterocycles. The molecule has 2 aromatic carbocycles. The summed E-state index contributed by atoms with van der Waals surface area (Å²) in [5, 5.41) is 14.0. The Bertz CT molecular complexity index is 603. The van der Waals surface area contributed by atoms with Gasteiger partial charge < -0.3 is 15.6 Å². The van der Waals surface area contributed by atoms with E-state index >= 15 is 0 Å². The molecular weight excluding hydrogens is 335 g/mol. The highest BCUT2D eigenvalue weighted by Gasteiger charge is 2.20. The van der Waals surface area contributed by atoms with Crippen LogP contribution in [-0.4, -0.2) is 24.0 Å². The van der Waals surface area contributed by atoms with Gasteiger partial charge in [0, 0.05) is 28.2 Å². The van der Waals surface area contributed by atoms with Gasteiger partial charge in [-0.3, -0.25) is 5.32 Å². The Morgan fingerprint density at radius 1 is 1.09 bits per heavy atom. The molecule has 2 rings (SSSR count). The van der Waals surface area contributed by atoms with E-state index < -0.39 is 18.4 Å². The van der Waals surface area contributed by atoms with E-state index in [0.717, 1.165) is 0 Å². The summed E-state index contributed by atoms with van der Waals surface area (Å²) in [4.78, 5) is 0. The van der Waals surface area contributed by atoms with Crippen LogP contribution in [-0.2, 0) is 0 Å². The van der Waals surface area contributed by atoms with Gasteiger partial charge in [0.2, 0.25) is 0 Å². The van der Waals surface area contributed by atoms with Crippen LogP contribution < -0.4 is 15.8 Å². The summed E-state index contributed by atoms with van der Waals surface area (Å²) < 4.78 is 5.74. The Morgan fingerprint density at radius 3 is 2.26 bits per heavy atom. The molecule has 3 unspecified atom stereocenters. The van der Waals surface area contributed by atoms with Gasteiger partial charge in [-0.1, -0.05) is 47.5 Å². The molecule has 124 valence electrons. The average Bonchev–Trinajstić information content (AvgIpc) is 2.52. The van der Waals surface area contributed by atoms with E-state index in [2.05, 4.69) is 5.32 Å². The van der Waals surface area contributed by atoms with E-state index in [1.807, 2.05) is 30.3 Å². The Hall–Kier alpha value is -1.30. The van der Waals surface area contributed by atoms with Crippen LogP contribution in [0.2, 0.25) is 10.0 Å². The van der Waals surface area contributed by atoms with Crippen LogP contribution in [0.5, 0.6) is 5.75 Å². The molecule has 2 aromatic rings. The third-order valence-corrected chi connectivity index (χ3v) is 4.01. The molecule has 3 atom stereocenters. The second-order valence-corrected chi connectivity index (χ2v) is 6.06. The highest BCUT2D eigenvalue weighted by Crippen LogP contribution is 2.28. The largest absolute Gasteiger partial charge is 0.473 e. The summed E-state index contributed by atoms with van der Waals surface area (Å²) in [6.07, 6.45) is -1.31. The van der Waals surface area contributed by atoms with E-state index in [1.54, 1.807) is 25.1 Å². The van der Waals surface area contributed by atoms with Crippen LogP contribution in [0.15, 0.2) is 48.5 Å². The highest BCUT2D eigenvalue weighted by molar-refractivity contribution is 6.36. The second kappa shape index (κ2) is 8.52. The molecule has 0 heterocycles. The number of aliphatic hydroxyl groups is 1. The number of hydrogen-bond acceptors (Lipinski definition) is 4. The lowest BCUT2D eigenvalue weighted by Crippen LogP contribution is -2.45. The van der Waals surface area contributed by atoms with Crippen molar-refractivity contribution in [2.45, 2.75) is 25.3 Å². The summed E-state index contributed by atoms with van der Waals surface area (Å²) in [5.74, 6) is 0.662. The van der Waals surface area contributed by atoms with Crippen molar-refractivity contribution in [2.24, 2.45) is 5.73 Å². The van der Waals surface area contributed by atoms with Gasteiger partial charge in [0.1, 0.15) is 11.9 Å². The zero-order valence-corrected chi connectivity index (χ0v) is 14.3. The average molecular weight is 355 g/mol. The molecule has 0 aliphatic rings. The fourth-order valence-corrected chi connectivity index (χ4v) is 2.84. The van der Waals surface area contributed by atoms with Crippen LogP contribution in [0.1, 0.15) is 18.5 Å². The topological polar surface area (TPSA) is 67.5 Å². The molecule has 6 heteroatoms. The second-order valence-electron chi connectivity index (χ2n) is 5.24. The monoisotopic (exact) mass is 354 g/mol. The Kier molecular flexibility index (Phi) is 6.69. The predicted molar refractivity (Wildman–Crippen MR) is 93.9 cm³/mol. The standard InChI is InChI=1S/C17H20Cl2N2O2/c1-11(22)17(23-12-6-3-2-4-7-12)21-10-15(20)16-13(18)8-5-9-14(16)19/h2-9,11,15,17,21-22H,10,20H2,1H3. The minimum atomic E-state index is -0.718. The Morgan fingerprint density at radius 2 is 1.70 bits per heavy atom. The van der Waals surface area contributed by atoms with Crippen molar-refractivity contribution in [1.82, 2.24) is 5.32 Å². The van der Waals surface area contributed by atoms with Gasteiger partial charge in [-0.05, 0) is 31.2 Å². The molecule has 0 amide bonds. The highest BCUT2D eigenvalue weighted by atomic mass is 35.5. The lowest BCUT2D eigenvalue weighted by atomic mass is 10.1. The van der Waals surface area contributed by atoms with Crippen molar-refractivity contribution in [3.05, 3.63) is 64.1 Å². The first-order valence-corrected chi connectivity index (χ1v) is 8.07. The van der Waals surface area contributed by atoms with E-state index in [1.165, 1.54) is 0 Å². The lowest BCUT2D eigenvalue weighted by Gasteiger charge is -2.25. The summed E-state index contributed by atoms with van der Waals surface area (Å²) >= 11 is 12.3. The first kappa shape index (κ1) is 18.0. The first-order valence-electron chi connectivity index (χ1n) is 7.31. The Labute approximate surface area is 146 Å². The molecular formula is C17H20Cl2N2O2. The van der Waals surface area contributed by atoms with E-state index in [0.29, 0.717) is 27.9 Å². The summed E-state index contributed by atoms with van der Waals surface area (Å²) in [7, 11) is 0. The normalized spacial score (nSPS) is 15.0. The Balaban J connectivity index is 2.01. The minimum Gasteiger partial charge on any atom is -0.473 e. The molecule has 0 aliphatic heterocycles. The molecule has 4 nitrogen and oxygen atoms in total. The van der Waals surface area contributed by atoms with Crippen molar-refractivity contribution in [3.63, 3.8) is 0 Å². The summed E-state index contributed by atoms with van der Waals surface area (Å²) in [6, 6.07) is 14.1. The summed E-state index contributed by atoms with van der Waals surface area (Å²) in [5.41, 5.74) is 6.84. The van der Waals surface area contributed by atoms with E-state index in [9.17, 15) is 5.11 Å². The number of ether oxygens (including phenoxy) is 1. The molecule has 0 fully saturated rings. The third-order valence-electron chi connectivity index (χ3n) is 3.35. The van der Waals surface area contributed by atoms with Crippen molar-refractivity contribution in [1.29, 1.82) is 0 Å². The summed E-state index contributed by atoms with van der Waals surface area (Å²) in [6.45, 7) is 2.00. The zero-order chi connectivity index (χ0) is 16.8. The van der Waals surface area contributed by atoms with Crippen molar-refractivity contribution >= 4 is 23.2 Å². The molecule has 0 spiro atoms. The molecule has 23 heavy (non-hydrogen) atoms. The first-order chi connectivity index (χ1) is 11.0. The van der Waals surface area contributed by atoms with Crippen molar-refractivity contribution < 1.29 is 9.84 Å². The van der Waals surface area contributed by atoms with Crippen molar-refractivity contribution in [2.75, 3.05) is 6.54 Å². The number of nitrogens with two attached hydrogens (primary N) is 1. The molecule has 4 N–H and O–H groups in total. The van der Waals surface area contributed by atoms with E-state index in [4.69, 9.17) is 33.7 Å². The van der Waals surface area contributed by atoms with Gasteiger partial charge in [0.05, 0.1) is 0 Å². The molecule has 0 saturated carbocycles. The third kappa shape index (κ3) is 5.09. The molecule has 0 saturated heterocycles. The maximum Gasteiger partial charge on any atom is 0.176 e. The minimum absolute atomic E-state index is 0.353. The van der Waals surface area contributed by atoms with Crippen molar-refractivity contribution in [3.8, 4) is 5.75 Å². The maximum atomic E-state index is 9.89. The van der Waals surface area contributed by atoms with Gasteiger partial charge in [0.25, 0.3) is 0 Å². The smallest absolute Gasteiger partial charge is 0.176 e. The number of hydrogen-bond donors (Lipinski definition) is 3. The lowest BCUT2D eigenvalue weighted by molar-refractivity contribution is 0.0262. The zero-order valence-electron chi connectivity index (χ0n) is 12.7. The van der Waals surface area contributed by atoms with Crippen LogP contribution in [0.25, 0.3) is 0 Å². The predicted octanol–water partition coefficient (Wildman–Crippen LogP) is 3.37. The number of halogens is 2. The quantitative estimate of drug-likeness (QED) is 0.666. The van der Waals surface area contributed by atoms with Gasteiger partial charge in [-0.15, -0.1) is 0 Å². The number of nitrogens with one attached hydrogen (secondary N) is 1. The maximum absolute atomic E-state index is 9.89. The van der Waals surface area contributed by atoms with Gasteiger partial charge >= 0.3 is 0 Å². The van der Waals surface area contributed by atoms with Gasteiger partial charge in [0.15, 0.2) is 6.23 Å². The van der Waals surface area contributed by atoms with E-state index in [-0.39, 0.29) is 0 Å². The van der Waals surface area contributed by atoms with Crippen LogP contribution in [0.3, 0.4) is 0 Å². The van der Waals surface area contributed by atoms with Gasteiger partial charge in [-0.25, -0.2) is 0 Å². The fourth-order valence-electron chi connectivity index (χ4n) is 2.17. The van der Waals surface area contributed by atoms with Crippen LogP contribution in [0, 0.1) is 0 Å². The van der Waals surface area contributed by atoms with Gasteiger partial charge in [-0.2, -0.15) is 0 Å². The number of aliphatic hydroxyl groups excluding tert-OH is 1. The number of rotatable bonds is 7. The number of benzene rings is 2. The SMILES string of the molecule is CC(O)C(NCC(N)c1c(Cl)cccc1Cl)Oc1ccccc1. The molecule has 0 bridgehead atoms.